The lowest BCUT2D eigenvalue weighted by Crippen LogP contribution is -2.22. The number of esters is 1. The van der Waals surface area contributed by atoms with Gasteiger partial charge in [0.2, 0.25) is 5.88 Å². The van der Waals surface area contributed by atoms with E-state index in [2.05, 4.69) is 6.07 Å². The number of benzene rings is 3. The molecular weight excluding hydrogens is 432 g/mol. The Morgan fingerprint density at radius 3 is 2.47 bits per heavy atom. The number of nitrogens with zero attached hydrogens (tertiary/aromatic N) is 1. The normalized spacial score (nSPS) is 14.5. The third kappa shape index (κ3) is 4.66. The van der Waals surface area contributed by atoms with Gasteiger partial charge in [-0.05, 0) is 49.2 Å². The summed E-state index contributed by atoms with van der Waals surface area (Å²) in [6, 6.07) is 20.3. The van der Waals surface area contributed by atoms with Crippen LogP contribution < -0.4 is 24.7 Å². The summed E-state index contributed by atoms with van der Waals surface area (Å²) in [5.41, 5.74) is 9.93. The molecule has 2 N–H and O–H groups in total. The maximum Gasteiger partial charge on any atom is 0.349 e. The highest BCUT2D eigenvalue weighted by molar-refractivity contribution is 5.74. The molecule has 4 rings (SSSR count). The number of fused-ring (bicyclic) bond motifs is 1. The minimum Gasteiger partial charge on any atom is -0.496 e. The van der Waals surface area contributed by atoms with Gasteiger partial charge in [-0.1, -0.05) is 30.3 Å². The first-order chi connectivity index (χ1) is 16.4. The van der Waals surface area contributed by atoms with Crippen LogP contribution in [0.25, 0.3) is 0 Å². The zero-order valence-electron chi connectivity index (χ0n) is 19.1. The van der Waals surface area contributed by atoms with E-state index < -0.39 is 11.9 Å². The third-order valence-corrected chi connectivity index (χ3v) is 5.42. The smallest absolute Gasteiger partial charge is 0.349 e. The summed E-state index contributed by atoms with van der Waals surface area (Å²) in [7, 11) is 1.57. The fourth-order valence-corrected chi connectivity index (χ4v) is 4.04. The van der Waals surface area contributed by atoms with Crippen molar-refractivity contribution < 1.29 is 23.7 Å². The molecule has 172 valence electrons. The summed E-state index contributed by atoms with van der Waals surface area (Å²) in [5, 5.41) is 9.75. The number of para-hydroxylation sites is 1. The molecule has 3 aromatic rings. The monoisotopic (exact) mass is 456 g/mol. The quantitative estimate of drug-likeness (QED) is 0.430. The number of hydrogen-bond donors (Lipinski definition) is 1. The van der Waals surface area contributed by atoms with Gasteiger partial charge in [-0.2, -0.15) is 5.26 Å². The number of nitriles is 1. The molecule has 7 heteroatoms. The first-order valence-corrected chi connectivity index (χ1v) is 10.7. The second-order valence-electron chi connectivity index (χ2n) is 7.95. The fourth-order valence-electron chi connectivity index (χ4n) is 4.04. The number of ether oxygens (including phenoxy) is 4. The molecule has 0 fully saturated rings. The molecule has 0 amide bonds. The van der Waals surface area contributed by atoms with Crippen molar-refractivity contribution in [1.82, 2.24) is 0 Å². The summed E-state index contributed by atoms with van der Waals surface area (Å²) in [5.74, 6) is 0.852. The Labute approximate surface area is 197 Å². The Hall–Kier alpha value is -4.44. The SMILES string of the molecule is COc1ccccc1C1C(C#N)=C(N)Oc2cc(OC(=O)COc3cc(C)cc(C)c3)ccc21. The van der Waals surface area contributed by atoms with Crippen LogP contribution in [0, 0.1) is 25.2 Å². The number of carbonyl (C=O) groups is 1. The zero-order valence-corrected chi connectivity index (χ0v) is 19.1. The van der Waals surface area contributed by atoms with Gasteiger partial charge in [0.25, 0.3) is 0 Å². The Morgan fingerprint density at radius 2 is 1.76 bits per heavy atom. The summed E-state index contributed by atoms with van der Waals surface area (Å²) in [4.78, 5) is 12.4. The predicted octanol–water partition coefficient (Wildman–Crippen LogP) is 4.51. The minimum absolute atomic E-state index is 0.00691. The van der Waals surface area contributed by atoms with Gasteiger partial charge in [0.15, 0.2) is 6.61 Å². The van der Waals surface area contributed by atoms with E-state index in [4.69, 9.17) is 24.7 Å². The Morgan fingerprint density at radius 1 is 1.03 bits per heavy atom. The average molecular weight is 456 g/mol. The number of methoxy groups -OCH3 is 1. The second-order valence-corrected chi connectivity index (χ2v) is 7.95. The van der Waals surface area contributed by atoms with Crippen molar-refractivity contribution in [3.8, 4) is 29.1 Å². The van der Waals surface area contributed by atoms with E-state index in [0.29, 0.717) is 22.8 Å². The van der Waals surface area contributed by atoms with Crippen molar-refractivity contribution >= 4 is 5.97 Å². The number of rotatable bonds is 6. The lowest BCUT2D eigenvalue weighted by atomic mass is 9.83. The summed E-state index contributed by atoms with van der Waals surface area (Å²) in [6.07, 6.45) is 0. The molecule has 1 aliphatic rings. The molecule has 0 aromatic heterocycles. The summed E-state index contributed by atoms with van der Waals surface area (Å²) in [6.45, 7) is 3.67. The maximum absolute atomic E-state index is 12.4. The molecule has 0 bridgehead atoms. The molecule has 0 saturated carbocycles. The lowest BCUT2D eigenvalue weighted by Gasteiger charge is -2.27. The van der Waals surface area contributed by atoms with Crippen LogP contribution in [0.15, 0.2) is 72.1 Å². The van der Waals surface area contributed by atoms with Gasteiger partial charge in [-0.25, -0.2) is 4.79 Å². The lowest BCUT2D eigenvalue weighted by molar-refractivity contribution is -0.136. The van der Waals surface area contributed by atoms with Crippen LogP contribution in [0.3, 0.4) is 0 Å². The fraction of sp³-hybridized carbons (Fsp3) is 0.185. The molecule has 1 unspecified atom stereocenters. The molecule has 1 atom stereocenters. The van der Waals surface area contributed by atoms with Crippen LogP contribution in [0.4, 0.5) is 0 Å². The van der Waals surface area contributed by atoms with Crippen LogP contribution in [-0.4, -0.2) is 19.7 Å². The number of nitrogens with two attached hydrogens (primary N) is 1. The number of allylic oxidation sites excluding steroid dienone is 1. The highest BCUT2D eigenvalue weighted by Crippen LogP contribution is 2.45. The molecule has 0 radical (unpaired) electrons. The number of aryl methyl sites for hydroxylation is 2. The van der Waals surface area contributed by atoms with E-state index in [9.17, 15) is 10.1 Å². The number of hydrogen-bond acceptors (Lipinski definition) is 7. The van der Waals surface area contributed by atoms with E-state index in [1.165, 1.54) is 0 Å². The highest BCUT2D eigenvalue weighted by Gasteiger charge is 2.32. The van der Waals surface area contributed by atoms with Crippen molar-refractivity contribution in [2.75, 3.05) is 13.7 Å². The van der Waals surface area contributed by atoms with Gasteiger partial charge in [-0.3, -0.25) is 0 Å². The topological polar surface area (TPSA) is 104 Å². The van der Waals surface area contributed by atoms with Crippen LogP contribution in [0.2, 0.25) is 0 Å². The average Bonchev–Trinajstić information content (AvgIpc) is 2.81. The first-order valence-electron chi connectivity index (χ1n) is 10.7. The van der Waals surface area contributed by atoms with Gasteiger partial charge < -0.3 is 24.7 Å². The number of carbonyl (C=O) groups excluding carboxylic acids is 1. The second kappa shape index (κ2) is 9.59. The van der Waals surface area contributed by atoms with Crippen molar-refractivity contribution in [3.05, 3.63) is 94.4 Å². The third-order valence-electron chi connectivity index (χ3n) is 5.42. The van der Waals surface area contributed by atoms with Crippen molar-refractivity contribution in [2.24, 2.45) is 5.73 Å². The standard InChI is InChI=1S/C27H24N2O5/c1-16-10-17(2)12-19(11-16)32-15-25(30)33-18-8-9-21-24(13-18)34-27(29)22(14-28)26(21)20-6-4-5-7-23(20)31-3/h4-13,26H,15,29H2,1-3H3. The van der Waals surface area contributed by atoms with Crippen molar-refractivity contribution in [2.45, 2.75) is 19.8 Å². The van der Waals surface area contributed by atoms with Crippen molar-refractivity contribution in [1.29, 1.82) is 5.26 Å². The maximum atomic E-state index is 12.4. The Bertz CT molecular complexity index is 1300. The van der Waals surface area contributed by atoms with Gasteiger partial charge >= 0.3 is 5.97 Å². The first kappa shape index (κ1) is 22.7. The van der Waals surface area contributed by atoms with E-state index in [-0.39, 0.29) is 23.8 Å². The van der Waals surface area contributed by atoms with Gasteiger partial charge in [0.05, 0.1) is 13.0 Å². The van der Waals surface area contributed by atoms with Crippen LogP contribution >= 0.6 is 0 Å². The molecule has 0 aliphatic carbocycles. The molecule has 3 aromatic carbocycles. The zero-order chi connectivity index (χ0) is 24.2. The van der Waals surface area contributed by atoms with Gasteiger partial charge in [-0.15, -0.1) is 0 Å². The molecule has 34 heavy (non-hydrogen) atoms. The van der Waals surface area contributed by atoms with Crippen LogP contribution in [0.1, 0.15) is 28.2 Å². The van der Waals surface area contributed by atoms with Crippen LogP contribution in [0.5, 0.6) is 23.0 Å². The molecule has 1 heterocycles. The summed E-state index contributed by atoms with van der Waals surface area (Å²) >= 11 is 0. The van der Waals surface area contributed by atoms with E-state index >= 15 is 0 Å². The van der Waals surface area contributed by atoms with Gasteiger partial charge in [0, 0.05) is 17.2 Å². The Kier molecular flexibility index (Phi) is 6.42. The van der Waals surface area contributed by atoms with E-state index in [1.807, 2.05) is 56.3 Å². The summed E-state index contributed by atoms with van der Waals surface area (Å²) < 4.78 is 22.2. The minimum atomic E-state index is -0.558. The van der Waals surface area contributed by atoms with Crippen molar-refractivity contribution in [3.63, 3.8) is 0 Å². The van der Waals surface area contributed by atoms with Gasteiger partial charge in [0.1, 0.15) is 34.6 Å². The molecule has 7 nitrogen and oxygen atoms in total. The largest absolute Gasteiger partial charge is 0.496 e. The van der Waals surface area contributed by atoms with Crippen LogP contribution in [-0.2, 0) is 4.79 Å². The Balaban J connectivity index is 1.56. The van der Waals surface area contributed by atoms with E-state index in [0.717, 1.165) is 16.7 Å². The van der Waals surface area contributed by atoms with E-state index in [1.54, 1.807) is 25.3 Å². The molecule has 0 spiro atoms. The molecule has 0 saturated heterocycles. The molecular formula is C27H24N2O5. The molecule has 1 aliphatic heterocycles. The highest BCUT2D eigenvalue weighted by atomic mass is 16.6. The predicted molar refractivity (Wildman–Crippen MR) is 126 cm³/mol.